The van der Waals surface area contributed by atoms with Crippen LogP contribution >= 0.6 is 0 Å². The van der Waals surface area contributed by atoms with Crippen molar-refractivity contribution < 1.29 is 17.6 Å². The van der Waals surface area contributed by atoms with Crippen LogP contribution in [-0.2, 0) is 14.8 Å². The molecule has 1 aromatic rings. The van der Waals surface area contributed by atoms with Gasteiger partial charge in [-0.15, -0.1) is 0 Å². The van der Waals surface area contributed by atoms with E-state index in [0.717, 1.165) is 31.9 Å². The number of amides is 1. The van der Waals surface area contributed by atoms with Gasteiger partial charge in [0.2, 0.25) is 15.9 Å². The minimum absolute atomic E-state index is 0.0774. The van der Waals surface area contributed by atoms with Crippen LogP contribution in [0.4, 0.5) is 4.39 Å². The summed E-state index contributed by atoms with van der Waals surface area (Å²) in [6, 6.07) is 3.86. The standard InChI is InChI=1S/C16H23FN2O3S/c1-13-7-8-14(12-15(13)17)23(21,22)18-9-5-11-19-10-4-2-3-6-16(19)20/h7-8,12,18H,2-6,9-11H2,1H3. The molecule has 1 aliphatic rings. The van der Waals surface area contributed by atoms with Gasteiger partial charge in [-0.3, -0.25) is 4.79 Å². The maximum atomic E-state index is 13.5. The Kier molecular flexibility index (Phi) is 6.12. The Labute approximate surface area is 136 Å². The molecule has 23 heavy (non-hydrogen) atoms. The number of carbonyl (C=O) groups is 1. The van der Waals surface area contributed by atoms with E-state index in [9.17, 15) is 17.6 Å². The van der Waals surface area contributed by atoms with Crippen LogP contribution in [-0.4, -0.2) is 38.9 Å². The van der Waals surface area contributed by atoms with Crippen LogP contribution < -0.4 is 4.72 Å². The number of nitrogens with one attached hydrogen (secondary N) is 1. The quantitative estimate of drug-likeness (QED) is 0.806. The highest BCUT2D eigenvalue weighted by molar-refractivity contribution is 7.89. The Morgan fingerprint density at radius 1 is 1.26 bits per heavy atom. The number of sulfonamides is 1. The molecule has 0 bridgehead atoms. The molecule has 1 aliphatic heterocycles. The van der Waals surface area contributed by atoms with Crippen molar-refractivity contribution in [2.45, 2.75) is 43.9 Å². The number of likely N-dealkylation sites (tertiary alicyclic amines) is 1. The molecule has 1 fully saturated rings. The Morgan fingerprint density at radius 2 is 2.04 bits per heavy atom. The normalized spacial score (nSPS) is 16.4. The summed E-state index contributed by atoms with van der Waals surface area (Å²) in [5.41, 5.74) is 0.406. The summed E-state index contributed by atoms with van der Waals surface area (Å²) in [7, 11) is -3.72. The van der Waals surface area contributed by atoms with E-state index in [-0.39, 0.29) is 17.3 Å². The molecule has 1 saturated heterocycles. The van der Waals surface area contributed by atoms with E-state index in [1.54, 1.807) is 11.8 Å². The van der Waals surface area contributed by atoms with Gasteiger partial charge >= 0.3 is 0 Å². The van der Waals surface area contributed by atoms with Crippen LogP contribution in [0.2, 0.25) is 0 Å². The lowest BCUT2D eigenvalue weighted by molar-refractivity contribution is -0.130. The summed E-state index contributed by atoms with van der Waals surface area (Å²) in [6.07, 6.45) is 4.11. The Balaban J connectivity index is 1.84. The number of benzene rings is 1. The van der Waals surface area contributed by atoms with Crippen molar-refractivity contribution in [1.29, 1.82) is 0 Å². The number of hydrogen-bond acceptors (Lipinski definition) is 3. The number of aryl methyl sites for hydroxylation is 1. The maximum absolute atomic E-state index is 13.5. The van der Waals surface area contributed by atoms with Gasteiger partial charge < -0.3 is 4.90 Å². The molecule has 128 valence electrons. The molecule has 0 atom stereocenters. The van der Waals surface area contributed by atoms with Crippen LogP contribution in [0.1, 0.15) is 37.7 Å². The minimum Gasteiger partial charge on any atom is -0.343 e. The van der Waals surface area contributed by atoms with Crippen LogP contribution in [0.3, 0.4) is 0 Å². The first kappa shape index (κ1) is 17.9. The van der Waals surface area contributed by atoms with E-state index in [1.807, 2.05) is 0 Å². The molecule has 0 aliphatic carbocycles. The van der Waals surface area contributed by atoms with Gasteiger partial charge in [0.05, 0.1) is 4.90 Å². The van der Waals surface area contributed by atoms with Crippen molar-refractivity contribution in [3.05, 3.63) is 29.6 Å². The maximum Gasteiger partial charge on any atom is 0.240 e. The molecular formula is C16H23FN2O3S. The van der Waals surface area contributed by atoms with Crippen LogP contribution in [0.5, 0.6) is 0 Å². The van der Waals surface area contributed by atoms with Crippen molar-refractivity contribution in [3.8, 4) is 0 Å². The third-order valence-corrected chi connectivity index (χ3v) is 5.48. The Morgan fingerprint density at radius 3 is 2.78 bits per heavy atom. The molecule has 7 heteroatoms. The van der Waals surface area contributed by atoms with Gasteiger partial charge in [-0.05, 0) is 43.9 Å². The molecular weight excluding hydrogens is 319 g/mol. The second-order valence-corrected chi connectivity index (χ2v) is 7.62. The second-order valence-electron chi connectivity index (χ2n) is 5.85. The molecule has 5 nitrogen and oxygen atoms in total. The predicted molar refractivity (Wildman–Crippen MR) is 86.0 cm³/mol. The van der Waals surface area contributed by atoms with E-state index in [2.05, 4.69) is 4.72 Å². The van der Waals surface area contributed by atoms with E-state index in [4.69, 9.17) is 0 Å². The first-order valence-electron chi connectivity index (χ1n) is 7.94. The van der Waals surface area contributed by atoms with Crippen LogP contribution in [0.25, 0.3) is 0 Å². The summed E-state index contributed by atoms with van der Waals surface area (Å²) < 4.78 is 40.2. The summed E-state index contributed by atoms with van der Waals surface area (Å²) in [5, 5.41) is 0. The third kappa shape index (κ3) is 5.00. The van der Waals surface area contributed by atoms with Crippen molar-refractivity contribution in [2.75, 3.05) is 19.6 Å². The summed E-state index contributed by atoms with van der Waals surface area (Å²) in [6.45, 7) is 3.09. The number of nitrogens with zero attached hydrogens (tertiary/aromatic N) is 1. The zero-order valence-electron chi connectivity index (χ0n) is 13.3. The van der Waals surface area contributed by atoms with Crippen LogP contribution in [0.15, 0.2) is 23.1 Å². The molecule has 1 amide bonds. The highest BCUT2D eigenvalue weighted by atomic mass is 32.2. The van der Waals surface area contributed by atoms with Gasteiger partial charge in [-0.25, -0.2) is 17.5 Å². The van der Waals surface area contributed by atoms with Crippen LogP contribution in [0, 0.1) is 12.7 Å². The molecule has 1 aromatic carbocycles. The van der Waals surface area contributed by atoms with Gasteiger partial charge in [0, 0.05) is 26.1 Å². The molecule has 0 saturated carbocycles. The first-order chi connectivity index (χ1) is 10.9. The zero-order chi connectivity index (χ0) is 16.9. The molecule has 1 heterocycles. The van der Waals surface area contributed by atoms with E-state index < -0.39 is 15.8 Å². The number of hydrogen-bond donors (Lipinski definition) is 1. The third-order valence-electron chi connectivity index (χ3n) is 4.02. The fraction of sp³-hybridized carbons (Fsp3) is 0.562. The lowest BCUT2D eigenvalue weighted by Gasteiger charge is -2.20. The Hall–Kier alpha value is -1.47. The molecule has 0 aromatic heterocycles. The van der Waals surface area contributed by atoms with Gasteiger partial charge in [0.15, 0.2) is 0 Å². The molecule has 0 radical (unpaired) electrons. The highest BCUT2D eigenvalue weighted by Gasteiger charge is 2.17. The van der Waals surface area contributed by atoms with E-state index in [1.165, 1.54) is 12.1 Å². The topological polar surface area (TPSA) is 66.5 Å². The summed E-state index contributed by atoms with van der Waals surface area (Å²) >= 11 is 0. The van der Waals surface area contributed by atoms with Crippen molar-refractivity contribution in [2.24, 2.45) is 0 Å². The lowest BCUT2D eigenvalue weighted by atomic mass is 10.2. The SMILES string of the molecule is Cc1ccc(S(=O)(=O)NCCCN2CCCCCC2=O)cc1F. The molecule has 0 unspecified atom stereocenters. The van der Waals surface area contributed by atoms with Crippen molar-refractivity contribution in [1.82, 2.24) is 9.62 Å². The number of rotatable bonds is 6. The van der Waals surface area contributed by atoms with E-state index in [0.29, 0.717) is 24.9 Å². The second kappa shape index (κ2) is 7.88. The number of halogens is 1. The average molecular weight is 342 g/mol. The first-order valence-corrected chi connectivity index (χ1v) is 9.42. The predicted octanol–water partition coefficient (Wildman–Crippen LogP) is 2.21. The van der Waals surface area contributed by atoms with Gasteiger partial charge in [-0.1, -0.05) is 12.5 Å². The fourth-order valence-corrected chi connectivity index (χ4v) is 3.66. The zero-order valence-corrected chi connectivity index (χ0v) is 14.2. The monoisotopic (exact) mass is 342 g/mol. The smallest absolute Gasteiger partial charge is 0.240 e. The lowest BCUT2D eigenvalue weighted by Crippen LogP contribution is -2.34. The molecule has 2 rings (SSSR count). The minimum atomic E-state index is -3.72. The van der Waals surface area contributed by atoms with Crippen molar-refractivity contribution >= 4 is 15.9 Å². The summed E-state index contributed by atoms with van der Waals surface area (Å²) in [5.74, 6) is -0.394. The largest absolute Gasteiger partial charge is 0.343 e. The Bertz CT molecular complexity index is 661. The van der Waals surface area contributed by atoms with E-state index >= 15 is 0 Å². The fourth-order valence-electron chi connectivity index (χ4n) is 2.58. The van der Waals surface area contributed by atoms with Gasteiger partial charge in [-0.2, -0.15) is 0 Å². The number of carbonyl (C=O) groups excluding carboxylic acids is 1. The van der Waals surface area contributed by atoms with Gasteiger partial charge in [0.25, 0.3) is 0 Å². The molecule has 1 N–H and O–H groups in total. The highest BCUT2D eigenvalue weighted by Crippen LogP contribution is 2.14. The summed E-state index contributed by atoms with van der Waals surface area (Å²) in [4.78, 5) is 13.6. The average Bonchev–Trinajstić information content (AvgIpc) is 2.71. The van der Waals surface area contributed by atoms with Crippen molar-refractivity contribution in [3.63, 3.8) is 0 Å². The van der Waals surface area contributed by atoms with Gasteiger partial charge in [0.1, 0.15) is 5.82 Å². The molecule has 0 spiro atoms.